The van der Waals surface area contributed by atoms with Crippen LogP contribution in [0.4, 0.5) is 18.9 Å². The SMILES string of the molecule is O=C(NCCc1noc(C(F)(F)F)n1)c1ccccc1N1CCOCC1. The highest BCUT2D eigenvalue weighted by molar-refractivity contribution is 5.99. The van der Waals surface area contributed by atoms with Crippen molar-refractivity contribution in [2.45, 2.75) is 12.6 Å². The second-order valence-corrected chi connectivity index (χ2v) is 5.64. The number of anilines is 1. The Labute approximate surface area is 147 Å². The summed E-state index contributed by atoms with van der Waals surface area (Å²) < 4.78 is 46.7. The van der Waals surface area contributed by atoms with Crippen LogP contribution in [0.25, 0.3) is 0 Å². The van der Waals surface area contributed by atoms with E-state index >= 15 is 0 Å². The fraction of sp³-hybridized carbons (Fsp3) is 0.438. The van der Waals surface area contributed by atoms with Crippen LogP contribution < -0.4 is 10.2 Å². The van der Waals surface area contributed by atoms with Gasteiger partial charge in [0.05, 0.1) is 18.8 Å². The van der Waals surface area contributed by atoms with Gasteiger partial charge in [0.25, 0.3) is 5.91 Å². The van der Waals surface area contributed by atoms with E-state index in [0.717, 1.165) is 5.69 Å². The van der Waals surface area contributed by atoms with E-state index in [-0.39, 0.29) is 24.7 Å². The van der Waals surface area contributed by atoms with Crippen LogP contribution in [-0.2, 0) is 17.3 Å². The molecule has 1 fully saturated rings. The zero-order valence-corrected chi connectivity index (χ0v) is 13.8. The highest BCUT2D eigenvalue weighted by atomic mass is 19.4. The molecule has 3 rings (SSSR count). The third-order valence-electron chi connectivity index (χ3n) is 3.85. The number of alkyl halides is 3. The van der Waals surface area contributed by atoms with E-state index < -0.39 is 12.1 Å². The Hall–Kier alpha value is -2.62. The number of nitrogens with one attached hydrogen (secondary N) is 1. The quantitative estimate of drug-likeness (QED) is 0.866. The molecule has 0 atom stereocenters. The zero-order valence-electron chi connectivity index (χ0n) is 13.8. The number of ether oxygens (including phenoxy) is 1. The maximum Gasteiger partial charge on any atom is 0.471 e. The largest absolute Gasteiger partial charge is 0.471 e. The fourth-order valence-corrected chi connectivity index (χ4v) is 2.60. The van der Waals surface area contributed by atoms with Gasteiger partial charge in [-0.1, -0.05) is 17.3 Å². The van der Waals surface area contributed by atoms with Crippen LogP contribution in [0.5, 0.6) is 0 Å². The van der Waals surface area contributed by atoms with E-state index in [9.17, 15) is 18.0 Å². The summed E-state index contributed by atoms with van der Waals surface area (Å²) in [6.45, 7) is 2.65. The van der Waals surface area contributed by atoms with Gasteiger partial charge in [-0.2, -0.15) is 18.2 Å². The van der Waals surface area contributed by atoms with Crippen LogP contribution in [0.2, 0.25) is 0 Å². The minimum absolute atomic E-state index is 0.0328. The second-order valence-electron chi connectivity index (χ2n) is 5.64. The maximum absolute atomic E-state index is 12.4. The molecular formula is C16H17F3N4O3. The first-order chi connectivity index (χ1) is 12.4. The third-order valence-corrected chi connectivity index (χ3v) is 3.85. The van der Waals surface area contributed by atoms with E-state index in [1.165, 1.54) is 0 Å². The Morgan fingerprint density at radius 3 is 2.65 bits per heavy atom. The molecule has 0 bridgehead atoms. The van der Waals surface area contributed by atoms with Crippen molar-refractivity contribution in [3.63, 3.8) is 0 Å². The molecule has 2 heterocycles. The number of hydrogen-bond donors (Lipinski definition) is 1. The van der Waals surface area contributed by atoms with E-state index in [0.29, 0.717) is 31.9 Å². The van der Waals surface area contributed by atoms with Crippen molar-refractivity contribution in [3.05, 3.63) is 41.5 Å². The second kappa shape index (κ2) is 7.73. The van der Waals surface area contributed by atoms with Gasteiger partial charge in [-0.3, -0.25) is 4.79 Å². The Morgan fingerprint density at radius 2 is 1.96 bits per heavy atom. The number of hydrogen-bond acceptors (Lipinski definition) is 6. The van der Waals surface area contributed by atoms with E-state index in [1.807, 2.05) is 12.1 Å². The molecule has 1 saturated heterocycles. The molecule has 1 N–H and O–H groups in total. The molecule has 26 heavy (non-hydrogen) atoms. The lowest BCUT2D eigenvalue weighted by molar-refractivity contribution is -0.159. The summed E-state index contributed by atoms with van der Waals surface area (Å²) in [5, 5.41) is 5.94. The van der Waals surface area contributed by atoms with Gasteiger partial charge in [0, 0.05) is 31.7 Å². The number of halogens is 3. The zero-order chi connectivity index (χ0) is 18.6. The summed E-state index contributed by atoms with van der Waals surface area (Å²) in [6, 6.07) is 7.17. The van der Waals surface area contributed by atoms with Crippen LogP contribution in [0.1, 0.15) is 22.1 Å². The lowest BCUT2D eigenvalue weighted by Gasteiger charge is -2.30. The highest BCUT2D eigenvalue weighted by Gasteiger charge is 2.38. The van der Waals surface area contributed by atoms with Crippen molar-refractivity contribution in [1.29, 1.82) is 0 Å². The maximum atomic E-state index is 12.4. The van der Waals surface area contributed by atoms with Gasteiger partial charge in [0.15, 0.2) is 5.82 Å². The molecule has 1 amide bonds. The van der Waals surface area contributed by atoms with E-state index in [1.54, 1.807) is 12.1 Å². The van der Waals surface area contributed by atoms with E-state index in [4.69, 9.17) is 4.74 Å². The standard InChI is InChI=1S/C16H17F3N4O3/c17-16(18,19)15-21-13(22-26-15)5-6-20-14(24)11-3-1-2-4-12(11)23-7-9-25-10-8-23/h1-4H,5-10H2,(H,20,24). The number of benzene rings is 1. The van der Waals surface area contributed by atoms with Crippen molar-refractivity contribution in [2.24, 2.45) is 0 Å². The predicted molar refractivity (Wildman–Crippen MR) is 84.8 cm³/mol. The van der Waals surface area contributed by atoms with Crippen LogP contribution in [0.15, 0.2) is 28.8 Å². The molecule has 2 aromatic rings. The first kappa shape index (κ1) is 18.2. The average Bonchev–Trinajstić information content (AvgIpc) is 3.12. The lowest BCUT2D eigenvalue weighted by atomic mass is 10.1. The number of nitrogens with zero attached hydrogens (tertiary/aromatic N) is 3. The minimum atomic E-state index is -4.68. The first-order valence-corrected chi connectivity index (χ1v) is 8.05. The molecule has 10 heteroatoms. The van der Waals surface area contributed by atoms with Gasteiger partial charge in [-0.05, 0) is 12.1 Å². The molecule has 0 unspecified atom stereocenters. The molecule has 0 aliphatic carbocycles. The van der Waals surface area contributed by atoms with Crippen molar-refractivity contribution in [2.75, 3.05) is 37.7 Å². The topological polar surface area (TPSA) is 80.5 Å². The number of rotatable bonds is 5. The molecule has 1 aromatic heterocycles. The molecule has 0 spiro atoms. The number of aromatic nitrogens is 2. The molecule has 0 radical (unpaired) electrons. The summed E-state index contributed by atoms with van der Waals surface area (Å²) in [5.74, 6) is -1.82. The third kappa shape index (κ3) is 4.31. The Kier molecular flexibility index (Phi) is 5.40. The number of morpholine rings is 1. The van der Waals surface area contributed by atoms with Crippen LogP contribution in [-0.4, -0.2) is 48.9 Å². The number of carbonyl (C=O) groups is 1. The van der Waals surface area contributed by atoms with Gasteiger partial charge < -0.3 is 19.5 Å². The normalized spacial score (nSPS) is 15.1. The number of para-hydroxylation sites is 1. The van der Waals surface area contributed by atoms with Crippen molar-refractivity contribution in [3.8, 4) is 0 Å². The van der Waals surface area contributed by atoms with Gasteiger partial charge in [0.1, 0.15) is 0 Å². The monoisotopic (exact) mass is 370 g/mol. The van der Waals surface area contributed by atoms with Gasteiger partial charge >= 0.3 is 12.1 Å². The summed E-state index contributed by atoms with van der Waals surface area (Å²) in [5.41, 5.74) is 1.30. The van der Waals surface area contributed by atoms with Crippen molar-refractivity contribution >= 4 is 11.6 Å². The van der Waals surface area contributed by atoms with Crippen molar-refractivity contribution < 1.29 is 27.2 Å². The fourth-order valence-electron chi connectivity index (χ4n) is 2.60. The van der Waals surface area contributed by atoms with E-state index in [2.05, 4.69) is 24.9 Å². The van der Waals surface area contributed by atoms with Crippen molar-refractivity contribution in [1.82, 2.24) is 15.5 Å². The lowest BCUT2D eigenvalue weighted by Crippen LogP contribution is -2.38. The van der Waals surface area contributed by atoms with Crippen LogP contribution >= 0.6 is 0 Å². The van der Waals surface area contributed by atoms with Gasteiger partial charge in [0.2, 0.25) is 0 Å². The Balaban J connectivity index is 1.59. The Bertz CT molecular complexity index is 757. The van der Waals surface area contributed by atoms with Crippen LogP contribution in [0, 0.1) is 0 Å². The van der Waals surface area contributed by atoms with Gasteiger partial charge in [-0.25, -0.2) is 0 Å². The number of carbonyl (C=O) groups excluding carboxylic acids is 1. The molecule has 140 valence electrons. The summed E-state index contributed by atoms with van der Waals surface area (Å²) >= 11 is 0. The predicted octanol–water partition coefficient (Wildman–Crippen LogP) is 1.90. The molecule has 1 aliphatic heterocycles. The van der Waals surface area contributed by atoms with Crippen LogP contribution in [0.3, 0.4) is 0 Å². The molecule has 1 aliphatic rings. The first-order valence-electron chi connectivity index (χ1n) is 8.05. The summed E-state index contributed by atoms with van der Waals surface area (Å²) in [7, 11) is 0. The highest BCUT2D eigenvalue weighted by Crippen LogP contribution is 2.27. The molecule has 7 nitrogen and oxygen atoms in total. The Morgan fingerprint density at radius 1 is 1.23 bits per heavy atom. The summed E-state index contributed by atoms with van der Waals surface area (Å²) in [4.78, 5) is 17.8. The minimum Gasteiger partial charge on any atom is -0.378 e. The average molecular weight is 370 g/mol. The molecule has 1 aromatic carbocycles. The number of amides is 1. The summed E-state index contributed by atoms with van der Waals surface area (Å²) in [6.07, 6.45) is -4.64. The van der Waals surface area contributed by atoms with Gasteiger partial charge in [-0.15, -0.1) is 0 Å². The smallest absolute Gasteiger partial charge is 0.378 e. The molecule has 0 saturated carbocycles. The molecular weight excluding hydrogens is 353 g/mol.